The third-order valence-corrected chi connectivity index (χ3v) is 3.80. The lowest BCUT2D eigenvalue weighted by molar-refractivity contribution is 0.292. The van der Waals surface area contributed by atoms with E-state index in [0.717, 1.165) is 24.5 Å². The third-order valence-electron chi connectivity index (χ3n) is 3.20. The van der Waals surface area contributed by atoms with Crippen molar-refractivity contribution < 1.29 is 0 Å². The second-order valence-electron chi connectivity index (χ2n) is 5.29. The molecule has 0 atom stereocenters. The number of piperidine rings is 1. The quantitative estimate of drug-likeness (QED) is 0.610. The maximum atomic E-state index is 6.06. The molecule has 1 saturated heterocycles. The predicted molar refractivity (Wildman–Crippen MR) is 71.8 cm³/mol. The first-order valence-electron chi connectivity index (χ1n) is 5.84. The van der Waals surface area contributed by atoms with Crippen LogP contribution in [0.3, 0.4) is 0 Å². The van der Waals surface area contributed by atoms with Gasteiger partial charge in [0.25, 0.3) is 0 Å². The normalized spacial score (nSPS) is 19.4. The van der Waals surface area contributed by atoms with Crippen LogP contribution in [0.15, 0.2) is 6.33 Å². The van der Waals surface area contributed by atoms with Gasteiger partial charge in [-0.1, -0.05) is 25.4 Å². The van der Waals surface area contributed by atoms with E-state index < -0.39 is 0 Å². The van der Waals surface area contributed by atoms with Crippen molar-refractivity contribution in [3.05, 3.63) is 17.0 Å². The van der Waals surface area contributed by atoms with Gasteiger partial charge in [-0.05, 0) is 18.3 Å². The second-order valence-corrected chi connectivity index (χ2v) is 5.91. The summed E-state index contributed by atoms with van der Waals surface area (Å²) in [5, 5.41) is 0.466. The Hall–Kier alpha value is -0.540. The van der Waals surface area contributed by atoms with Gasteiger partial charge in [-0.25, -0.2) is 9.97 Å². The van der Waals surface area contributed by atoms with Crippen LogP contribution in [0, 0.1) is 5.41 Å². The van der Waals surface area contributed by atoms with Crippen LogP contribution < -0.4 is 4.90 Å². The molecule has 17 heavy (non-hydrogen) atoms. The summed E-state index contributed by atoms with van der Waals surface area (Å²) in [6.45, 7) is 6.57. The summed E-state index contributed by atoms with van der Waals surface area (Å²) < 4.78 is 0. The molecule has 1 fully saturated rings. The predicted octanol–water partition coefficient (Wildman–Crippen LogP) is 3.50. The first-order valence-corrected chi connectivity index (χ1v) is 6.75. The molecule has 5 heteroatoms. The maximum absolute atomic E-state index is 6.06. The minimum Gasteiger partial charge on any atom is -0.356 e. The van der Waals surface area contributed by atoms with Crippen molar-refractivity contribution in [2.24, 2.45) is 5.41 Å². The second kappa shape index (κ2) is 4.99. The molecule has 0 radical (unpaired) electrons. The Bertz CT molecular complexity index is 407. The third kappa shape index (κ3) is 2.83. The van der Waals surface area contributed by atoms with Crippen LogP contribution in [-0.2, 0) is 5.88 Å². The van der Waals surface area contributed by atoms with Gasteiger partial charge in [0.15, 0.2) is 0 Å². The van der Waals surface area contributed by atoms with Crippen LogP contribution in [0.25, 0.3) is 0 Å². The fourth-order valence-corrected chi connectivity index (χ4v) is 2.88. The summed E-state index contributed by atoms with van der Waals surface area (Å²) in [6, 6.07) is 0. The van der Waals surface area contributed by atoms with Crippen LogP contribution in [0.5, 0.6) is 0 Å². The van der Waals surface area contributed by atoms with E-state index in [1.165, 1.54) is 19.2 Å². The van der Waals surface area contributed by atoms with Gasteiger partial charge in [0.1, 0.15) is 17.3 Å². The highest BCUT2D eigenvalue weighted by Gasteiger charge is 2.28. The Balaban J connectivity index is 2.30. The number of nitrogens with zero attached hydrogens (tertiary/aromatic N) is 3. The van der Waals surface area contributed by atoms with E-state index in [1.807, 2.05) is 0 Å². The maximum Gasteiger partial charge on any atom is 0.138 e. The molecule has 0 N–H and O–H groups in total. The Morgan fingerprint density at radius 3 is 2.82 bits per heavy atom. The largest absolute Gasteiger partial charge is 0.356 e. The molecule has 1 aromatic heterocycles. The van der Waals surface area contributed by atoms with Gasteiger partial charge in [0, 0.05) is 18.7 Å². The number of halogens is 2. The SMILES string of the molecule is CC1(C)CCCN(c2ncnc(Cl)c2CCl)C1. The summed E-state index contributed by atoms with van der Waals surface area (Å²) in [6.07, 6.45) is 3.93. The van der Waals surface area contributed by atoms with E-state index in [4.69, 9.17) is 23.2 Å². The van der Waals surface area contributed by atoms with Gasteiger partial charge in [0.2, 0.25) is 0 Å². The lowest BCUT2D eigenvalue weighted by Gasteiger charge is -2.39. The molecule has 94 valence electrons. The Morgan fingerprint density at radius 1 is 1.41 bits per heavy atom. The summed E-state index contributed by atoms with van der Waals surface area (Å²) in [7, 11) is 0. The molecule has 0 spiro atoms. The van der Waals surface area contributed by atoms with E-state index in [2.05, 4.69) is 28.7 Å². The first-order chi connectivity index (χ1) is 8.03. The topological polar surface area (TPSA) is 29.0 Å². The molecule has 0 aliphatic carbocycles. The molecule has 0 unspecified atom stereocenters. The van der Waals surface area contributed by atoms with E-state index in [0.29, 0.717) is 16.4 Å². The Kier molecular flexibility index (Phi) is 3.79. The zero-order valence-electron chi connectivity index (χ0n) is 10.2. The minimum atomic E-state index is 0.319. The standard InChI is InChI=1S/C12H17Cl2N3/c1-12(2)4-3-5-17(7-12)11-9(6-13)10(14)15-8-16-11/h8H,3-7H2,1-2H3. The molecular weight excluding hydrogens is 257 g/mol. The molecule has 3 nitrogen and oxygen atoms in total. The van der Waals surface area contributed by atoms with Gasteiger partial charge >= 0.3 is 0 Å². The highest BCUT2D eigenvalue weighted by Crippen LogP contribution is 2.33. The lowest BCUT2D eigenvalue weighted by atomic mass is 9.84. The lowest BCUT2D eigenvalue weighted by Crippen LogP contribution is -2.41. The van der Waals surface area contributed by atoms with Crippen LogP contribution in [0.1, 0.15) is 32.3 Å². The monoisotopic (exact) mass is 273 g/mol. The van der Waals surface area contributed by atoms with Gasteiger partial charge in [-0.15, -0.1) is 11.6 Å². The number of anilines is 1. The van der Waals surface area contributed by atoms with Gasteiger partial charge in [0.05, 0.1) is 5.88 Å². The minimum absolute atomic E-state index is 0.319. The highest BCUT2D eigenvalue weighted by atomic mass is 35.5. The molecule has 0 saturated carbocycles. The molecule has 2 heterocycles. The molecule has 1 aliphatic heterocycles. The average Bonchev–Trinajstić information content (AvgIpc) is 2.27. The summed E-state index contributed by atoms with van der Waals surface area (Å²) >= 11 is 12.0. The summed E-state index contributed by atoms with van der Waals surface area (Å²) in [5.74, 6) is 1.25. The van der Waals surface area contributed by atoms with Crippen molar-refractivity contribution in [2.45, 2.75) is 32.6 Å². The molecular formula is C12H17Cl2N3. The molecule has 1 aliphatic rings. The fraction of sp³-hybridized carbons (Fsp3) is 0.667. The van der Waals surface area contributed by atoms with Crippen LogP contribution in [-0.4, -0.2) is 23.1 Å². The van der Waals surface area contributed by atoms with Crippen molar-refractivity contribution in [1.82, 2.24) is 9.97 Å². The number of alkyl halides is 1. The molecule has 0 amide bonds. The van der Waals surface area contributed by atoms with E-state index in [1.54, 1.807) is 0 Å². The molecule has 0 bridgehead atoms. The average molecular weight is 274 g/mol. The molecule has 0 aromatic carbocycles. The Labute approximate surface area is 112 Å². The van der Waals surface area contributed by atoms with E-state index in [-0.39, 0.29) is 0 Å². The zero-order valence-corrected chi connectivity index (χ0v) is 11.7. The van der Waals surface area contributed by atoms with Crippen molar-refractivity contribution in [3.63, 3.8) is 0 Å². The summed E-state index contributed by atoms with van der Waals surface area (Å²) in [5.41, 5.74) is 1.16. The van der Waals surface area contributed by atoms with Crippen LogP contribution in [0.2, 0.25) is 5.15 Å². The Morgan fingerprint density at radius 2 is 2.18 bits per heavy atom. The fourth-order valence-electron chi connectivity index (χ4n) is 2.37. The van der Waals surface area contributed by atoms with Gasteiger partial charge in [-0.2, -0.15) is 0 Å². The van der Waals surface area contributed by atoms with Crippen LogP contribution in [0.4, 0.5) is 5.82 Å². The summed E-state index contributed by atoms with van der Waals surface area (Å²) in [4.78, 5) is 10.6. The number of hydrogen-bond acceptors (Lipinski definition) is 3. The van der Waals surface area contributed by atoms with Crippen molar-refractivity contribution in [3.8, 4) is 0 Å². The van der Waals surface area contributed by atoms with Crippen molar-refractivity contribution in [2.75, 3.05) is 18.0 Å². The van der Waals surface area contributed by atoms with Gasteiger partial charge < -0.3 is 4.90 Å². The first kappa shape index (κ1) is 12.9. The number of rotatable bonds is 2. The van der Waals surface area contributed by atoms with Crippen molar-refractivity contribution in [1.29, 1.82) is 0 Å². The van der Waals surface area contributed by atoms with Crippen molar-refractivity contribution >= 4 is 29.0 Å². The zero-order chi connectivity index (χ0) is 12.5. The van der Waals surface area contributed by atoms with Crippen LogP contribution >= 0.6 is 23.2 Å². The van der Waals surface area contributed by atoms with E-state index >= 15 is 0 Å². The number of hydrogen-bond donors (Lipinski definition) is 0. The van der Waals surface area contributed by atoms with E-state index in [9.17, 15) is 0 Å². The molecule has 2 rings (SSSR count). The molecule has 1 aromatic rings. The number of aromatic nitrogens is 2. The smallest absolute Gasteiger partial charge is 0.138 e. The van der Waals surface area contributed by atoms with Gasteiger partial charge in [-0.3, -0.25) is 0 Å². The highest BCUT2D eigenvalue weighted by molar-refractivity contribution is 6.31.